The first-order chi connectivity index (χ1) is 9.65. The summed E-state index contributed by atoms with van der Waals surface area (Å²) < 4.78 is 0. The van der Waals surface area contributed by atoms with Gasteiger partial charge in [-0.1, -0.05) is 29.3 Å². The summed E-state index contributed by atoms with van der Waals surface area (Å²) in [5.74, 6) is 0.717. The fourth-order valence-electron chi connectivity index (χ4n) is 2.03. The van der Waals surface area contributed by atoms with Crippen LogP contribution in [-0.2, 0) is 0 Å². The molecule has 0 saturated carbocycles. The number of benzene rings is 1. The molecule has 0 aliphatic heterocycles. The Morgan fingerprint density at radius 1 is 1.10 bits per heavy atom. The highest BCUT2D eigenvalue weighted by Crippen LogP contribution is 2.32. The van der Waals surface area contributed by atoms with Gasteiger partial charge in [-0.25, -0.2) is 4.98 Å². The molecule has 0 unspecified atom stereocenters. The largest absolute Gasteiger partial charge is 0.340 e. The van der Waals surface area contributed by atoms with Gasteiger partial charge in [0.1, 0.15) is 5.69 Å². The van der Waals surface area contributed by atoms with Crippen molar-refractivity contribution >= 4 is 23.2 Å². The lowest BCUT2D eigenvalue weighted by Gasteiger charge is -2.02. The van der Waals surface area contributed by atoms with E-state index in [0.29, 0.717) is 15.9 Å². The molecule has 100 valence electrons. The van der Waals surface area contributed by atoms with E-state index in [-0.39, 0.29) is 0 Å². The Morgan fingerprint density at radius 3 is 2.70 bits per heavy atom. The summed E-state index contributed by atoms with van der Waals surface area (Å²) in [6.07, 6.45) is 1.74. The standard InChI is InChI=1S/C15H11Cl2N3/c1-9-14(11-8-10(16)5-6-12(11)17)20-15(19-9)13-4-2-3-7-18-13/h2-8H,1H3,(H,19,20). The van der Waals surface area contributed by atoms with Crippen LogP contribution in [0.5, 0.6) is 0 Å². The Kier molecular flexibility index (Phi) is 3.47. The summed E-state index contributed by atoms with van der Waals surface area (Å²) in [6, 6.07) is 11.0. The molecule has 1 N–H and O–H groups in total. The van der Waals surface area contributed by atoms with Gasteiger partial charge in [0.2, 0.25) is 0 Å². The van der Waals surface area contributed by atoms with Crippen molar-refractivity contribution in [3.63, 3.8) is 0 Å². The van der Waals surface area contributed by atoms with E-state index in [4.69, 9.17) is 23.2 Å². The normalized spacial score (nSPS) is 10.8. The second-order valence-corrected chi connectivity index (χ2v) is 5.24. The minimum absolute atomic E-state index is 0.622. The van der Waals surface area contributed by atoms with Crippen molar-refractivity contribution in [2.24, 2.45) is 0 Å². The molecule has 0 amide bonds. The van der Waals surface area contributed by atoms with Crippen LogP contribution in [0.4, 0.5) is 0 Å². The van der Waals surface area contributed by atoms with E-state index in [1.807, 2.05) is 31.2 Å². The van der Waals surface area contributed by atoms with Gasteiger partial charge < -0.3 is 4.98 Å². The molecule has 0 spiro atoms. The number of aromatic amines is 1. The number of nitrogens with zero attached hydrogens (tertiary/aromatic N) is 2. The maximum Gasteiger partial charge on any atom is 0.156 e. The lowest BCUT2D eigenvalue weighted by atomic mass is 10.1. The average molecular weight is 304 g/mol. The van der Waals surface area contributed by atoms with Gasteiger partial charge in [0, 0.05) is 22.5 Å². The monoisotopic (exact) mass is 303 g/mol. The number of rotatable bonds is 2. The molecular weight excluding hydrogens is 293 g/mol. The molecule has 20 heavy (non-hydrogen) atoms. The van der Waals surface area contributed by atoms with Crippen LogP contribution in [0.25, 0.3) is 22.8 Å². The predicted octanol–water partition coefficient (Wildman–Crippen LogP) is 4.75. The fraction of sp³-hybridized carbons (Fsp3) is 0.0667. The predicted molar refractivity (Wildman–Crippen MR) is 82.0 cm³/mol. The van der Waals surface area contributed by atoms with E-state index < -0.39 is 0 Å². The molecule has 0 aliphatic rings. The van der Waals surface area contributed by atoms with Gasteiger partial charge in [-0.05, 0) is 37.3 Å². The van der Waals surface area contributed by atoms with Crippen LogP contribution >= 0.6 is 23.2 Å². The zero-order valence-corrected chi connectivity index (χ0v) is 12.2. The Labute approximate surface area is 126 Å². The minimum atomic E-state index is 0.622. The van der Waals surface area contributed by atoms with E-state index in [1.165, 1.54) is 0 Å². The number of halogens is 2. The number of hydrogen-bond acceptors (Lipinski definition) is 2. The molecule has 3 rings (SSSR count). The number of H-pyrrole nitrogens is 1. The first kappa shape index (κ1) is 13.2. The van der Waals surface area contributed by atoms with E-state index in [1.54, 1.807) is 18.3 Å². The van der Waals surface area contributed by atoms with Gasteiger partial charge in [0.15, 0.2) is 5.82 Å². The van der Waals surface area contributed by atoms with Crippen LogP contribution in [0, 0.1) is 6.92 Å². The van der Waals surface area contributed by atoms with Crippen LogP contribution in [0.1, 0.15) is 5.69 Å². The third-order valence-corrected chi connectivity index (χ3v) is 3.54. The molecule has 3 nitrogen and oxygen atoms in total. The maximum absolute atomic E-state index is 6.23. The molecule has 0 aliphatic carbocycles. The number of nitrogens with one attached hydrogen (secondary N) is 1. The van der Waals surface area contributed by atoms with Crippen molar-refractivity contribution in [1.82, 2.24) is 15.0 Å². The smallest absolute Gasteiger partial charge is 0.156 e. The van der Waals surface area contributed by atoms with Gasteiger partial charge in [-0.3, -0.25) is 4.98 Å². The van der Waals surface area contributed by atoms with Gasteiger partial charge in [0.25, 0.3) is 0 Å². The van der Waals surface area contributed by atoms with Gasteiger partial charge in [-0.15, -0.1) is 0 Å². The number of pyridine rings is 1. The van der Waals surface area contributed by atoms with Crippen LogP contribution in [0.2, 0.25) is 10.0 Å². The van der Waals surface area contributed by atoms with Crippen LogP contribution in [0.15, 0.2) is 42.6 Å². The van der Waals surface area contributed by atoms with E-state index in [2.05, 4.69) is 15.0 Å². The number of imidazole rings is 1. The molecule has 5 heteroatoms. The third-order valence-electron chi connectivity index (χ3n) is 2.98. The van der Waals surface area contributed by atoms with Crippen LogP contribution < -0.4 is 0 Å². The van der Waals surface area contributed by atoms with Crippen LogP contribution in [0.3, 0.4) is 0 Å². The first-order valence-electron chi connectivity index (χ1n) is 6.08. The summed E-state index contributed by atoms with van der Waals surface area (Å²) >= 11 is 12.3. The van der Waals surface area contributed by atoms with Crippen molar-refractivity contribution in [1.29, 1.82) is 0 Å². The van der Waals surface area contributed by atoms with Gasteiger partial charge >= 0.3 is 0 Å². The summed E-state index contributed by atoms with van der Waals surface area (Å²) in [5, 5.41) is 1.25. The van der Waals surface area contributed by atoms with Crippen molar-refractivity contribution in [3.8, 4) is 22.8 Å². The van der Waals surface area contributed by atoms with Crippen molar-refractivity contribution in [2.75, 3.05) is 0 Å². The second-order valence-electron chi connectivity index (χ2n) is 4.40. The van der Waals surface area contributed by atoms with Gasteiger partial charge in [0.05, 0.1) is 10.7 Å². The van der Waals surface area contributed by atoms with E-state index >= 15 is 0 Å². The molecule has 0 saturated heterocycles. The second kappa shape index (κ2) is 5.27. The molecule has 1 aromatic carbocycles. The summed E-state index contributed by atoms with van der Waals surface area (Å²) in [7, 11) is 0. The number of aromatic nitrogens is 3. The SMILES string of the molecule is Cc1[nH]c(-c2ccccn2)nc1-c1cc(Cl)ccc1Cl. The minimum Gasteiger partial charge on any atom is -0.340 e. The molecule has 0 atom stereocenters. The van der Waals surface area contributed by atoms with E-state index in [9.17, 15) is 0 Å². The number of aryl methyl sites for hydroxylation is 1. The summed E-state index contributed by atoms with van der Waals surface area (Å²) in [6.45, 7) is 1.95. The molecular formula is C15H11Cl2N3. The Hall–Kier alpha value is -1.84. The molecule has 0 radical (unpaired) electrons. The molecule has 2 heterocycles. The van der Waals surface area contributed by atoms with Crippen molar-refractivity contribution in [3.05, 3.63) is 58.3 Å². The fourth-order valence-corrected chi connectivity index (χ4v) is 2.40. The van der Waals surface area contributed by atoms with Gasteiger partial charge in [-0.2, -0.15) is 0 Å². The highest BCUT2D eigenvalue weighted by Gasteiger charge is 2.14. The lowest BCUT2D eigenvalue weighted by Crippen LogP contribution is -1.84. The zero-order chi connectivity index (χ0) is 14.1. The van der Waals surface area contributed by atoms with Crippen LogP contribution in [-0.4, -0.2) is 15.0 Å². The molecule has 2 aromatic heterocycles. The van der Waals surface area contributed by atoms with Crippen molar-refractivity contribution < 1.29 is 0 Å². The number of hydrogen-bond donors (Lipinski definition) is 1. The quantitative estimate of drug-likeness (QED) is 0.742. The Bertz CT molecular complexity index is 751. The Balaban J connectivity index is 2.12. The Morgan fingerprint density at radius 2 is 1.95 bits per heavy atom. The zero-order valence-electron chi connectivity index (χ0n) is 10.7. The first-order valence-corrected chi connectivity index (χ1v) is 6.84. The van der Waals surface area contributed by atoms with E-state index in [0.717, 1.165) is 22.6 Å². The molecule has 0 bridgehead atoms. The molecule has 0 fully saturated rings. The average Bonchev–Trinajstić information content (AvgIpc) is 2.84. The summed E-state index contributed by atoms with van der Waals surface area (Å²) in [5.41, 5.74) is 3.32. The third kappa shape index (κ3) is 2.42. The lowest BCUT2D eigenvalue weighted by molar-refractivity contribution is 1.20. The highest BCUT2D eigenvalue weighted by atomic mass is 35.5. The maximum atomic E-state index is 6.23. The van der Waals surface area contributed by atoms with Crippen molar-refractivity contribution in [2.45, 2.75) is 6.92 Å². The highest BCUT2D eigenvalue weighted by molar-refractivity contribution is 6.35. The molecule has 3 aromatic rings. The topological polar surface area (TPSA) is 41.6 Å². The summed E-state index contributed by atoms with van der Waals surface area (Å²) in [4.78, 5) is 12.1.